The summed E-state index contributed by atoms with van der Waals surface area (Å²) in [4.78, 5) is 22.1. The molecule has 2 fully saturated rings. The van der Waals surface area contributed by atoms with Crippen molar-refractivity contribution < 1.29 is 79.6 Å². The lowest BCUT2D eigenvalue weighted by molar-refractivity contribution is -0.268. The molecule has 0 aromatic heterocycles. The first kappa shape index (κ1) is 39.8. The number of carbonyl (C=O) groups is 2. The van der Waals surface area contributed by atoms with Crippen molar-refractivity contribution >= 4 is 11.9 Å². The van der Waals surface area contributed by atoms with E-state index in [9.17, 15) is 45.3 Å². The van der Waals surface area contributed by atoms with Crippen LogP contribution in [-0.4, -0.2) is 125 Å². The summed E-state index contributed by atoms with van der Waals surface area (Å²) in [5.74, 6) is -1.85. The number of aryl methyl sites for hydroxylation is 2. The van der Waals surface area contributed by atoms with Gasteiger partial charge in [0, 0.05) is 17.5 Å². The van der Waals surface area contributed by atoms with E-state index in [0.29, 0.717) is 11.1 Å². The van der Waals surface area contributed by atoms with Crippen LogP contribution in [0.15, 0.2) is 24.3 Å². The van der Waals surface area contributed by atoms with Crippen molar-refractivity contribution in [3.63, 3.8) is 0 Å². The molecule has 16 heteroatoms. The lowest BCUT2D eigenvalue weighted by atomic mass is 10.00. The van der Waals surface area contributed by atoms with Gasteiger partial charge in [0.25, 0.3) is 0 Å². The SMILES string of the molecule is C.Cc1cc(C(=O)O)cc(CO)c1O[C@@H]1O[C@@H](C)[C@H](O)[C@@H](O)[C@H]1O.Cc1cc(C(=O)O)cc(CO)c1O[C@H]1C[C@@H](O)[C@H](O)[C@@H](CO)O1. The number of rotatable bonds is 9. The zero-order valence-electron chi connectivity index (χ0n) is 25.3. The van der Waals surface area contributed by atoms with E-state index in [0.717, 1.165) is 0 Å². The second kappa shape index (κ2) is 17.1. The summed E-state index contributed by atoms with van der Waals surface area (Å²) in [6, 6.07) is 5.31. The summed E-state index contributed by atoms with van der Waals surface area (Å²) in [6.07, 6.45) is -10.5. The Kier molecular flexibility index (Phi) is 14.5. The highest BCUT2D eigenvalue weighted by atomic mass is 16.7. The molecule has 264 valence electrons. The Hall–Kier alpha value is -3.42. The molecule has 2 aromatic carbocycles. The van der Waals surface area contributed by atoms with Crippen molar-refractivity contribution in [2.24, 2.45) is 0 Å². The summed E-state index contributed by atoms with van der Waals surface area (Å²) >= 11 is 0. The highest BCUT2D eigenvalue weighted by molar-refractivity contribution is 5.89. The lowest BCUT2D eigenvalue weighted by Crippen LogP contribution is -2.58. The van der Waals surface area contributed by atoms with Crippen molar-refractivity contribution in [1.82, 2.24) is 0 Å². The molecule has 0 saturated carbocycles. The molecule has 9 atom stereocenters. The maximum atomic E-state index is 11.0. The normalized spacial score (nSPS) is 28.7. The summed E-state index contributed by atoms with van der Waals surface area (Å²) in [7, 11) is 0. The topological polar surface area (TPSA) is 273 Å². The molecule has 4 rings (SSSR count). The highest BCUT2D eigenvalue weighted by Crippen LogP contribution is 2.32. The van der Waals surface area contributed by atoms with Gasteiger partial charge in [0.1, 0.15) is 42.0 Å². The first-order chi connectivity index (χ1) is 21.6. The minimum atomic E-state index is -1.49. The molecule has 0 aliphatic carbocycles. The van der Waals surface area contributed by atoms with E-state index >= 15 is 0 Å². The van der Waals surface area contributed by atoms with Gasteiger partial charge in [-0.05, 0) is 56.2 Å². The Labute approximate surface area is 270 Å². The highest BCUT2D eigenvalue weighted by Gasteiger charge is 2.43. The summed E-state index contributed by atoms with van der Waals surface area (Å²) in [5, 5.41) is 95.0. The molecule has 0 unspecified atom stereocenters. The smallest absolute Gasteiger partial charge is 0.335 e. The van der Waals surface area contributed by atoms with Gasteiger partial charge in [-0.25, -0.2) is 9.59 Å². The van der Waals surface area contributed by atoms with E-state index in [1.165, 1.54) is 31.2 Å². The van der Waals surface area contributed by atoms with Crippen molar-refractivity contribution in [3.05, 3.63) is 57.6 Å². The molecule has 2 aromatic rings. The number of hydrogen-bond acceptors (Lipinski definition) is 14. The molecular formula is C31H44O16. The standard InChI is InChI=1S/2C15H20O8.CH4/c1-7-2-8(15(20)21)3-9(5-16)14(7)23-12-4-10(18)13(19)11(6-17)22-12;1-6-3-8(14(20)21)4-9(5-16)13(6)23-15-12(19)11(18)10(17)7(2)22-15;/h2-3,10-13,16-19H,4-6H2,1H3,(H,20,21);3-4,7,10-12,15-19H,5H2,1-2H3,(H,20,21);1H4/t10-,11-,12+,13+;7-,10-,11+,12+,15-;/m10./s1. The predicted molar refractivity (Wildman–Crippen MR) is 161 cm³/mol. The molecule has 0 amide bonds. The minimum Gasteiger partial charge on any atom is -0.478 e. The number of benzene rings is 2. The van der Waals surface area contributed by atoms with Crippen molar-refractivity contribution in [2.45, 2.75) is 103 Å². The van der Waals surface area contributed by atoms with Gasteiger partial charge < -0.3 is 70.0 Å². The van der Waals surface area contributed by atoms with Gasteiger partial charge >= 0.3 is 11.9 Å². The summed E-state index contributed by atoms with van der Waals surface area (Å²) in [5.41, 5.74) is 1.41. The van der Waals surface area contributed by atoms with Gasteiger partial charge in [-0.1, -0.05) is 7.43 Å². The van der Waals surface area contributed by atoms with E-state index < -0.39 is 87.1 Å². The van der Waals surface area contributed by atoms with E-state index in [4.69, 9.17) is 34.3 Å². The van der Waals surface area contributed by atoms with Gasteiger partial charge in [-0.2, -0.15) is 0 Å². The van der Waals surface area contributed by atoms with Crippen LogP contribution in [0.3, 0.4) is 0 Å². The number of ether oxygens (including phenoxy) is 4. The average Bonchev–Trinajstić information content (AvgIpc) is 3.01. The van der Waals surface area contributed by atoms with Crippen LogP contribution in [0.1, 0.15) is 63.7 Å². The third-order valence-corrected chi connectivity index (χ3v) is 7.54. The van der Waals surface area contributed by atoms with Crippen LogP contribution in [0, 0.1) is 13.8 Å². The fraction of sp³-hybridized carbons (Fsp3) is 0.548. The first-order valence-corrected chi connectivity index (χ1v) is 14.2. The minimum absolute atomic E-state index is 0. The van der Waals surface area contributed by atoms with Crippen LogP contribution in [0.4, 0.5) is 0 Å². The maximum absolute atomic E-state index is 11.0. The number of carboxylic acid groups (broad SMARTS) is 2. The van der Waals surface area contributed by atoms with E-state index in [1.54, 1.807) is 13.8 Å². The van der Waals surface area contributed by atoms with Crippen LogP contribution in [-0.2, 0) is 22.7 Å². The van der Waals surface area contributed by atoms with Gasteiger partial charge in [-0.15, -0.1) is 0 Å². The van der Waals surface area contributed by atoms with Gasteiger partial charge in [0.15, 0.2) is 0 Å². The van der Waals surface area contributed by atoms with E-state index in [-0.39, 0.29) is 47.6 Å². The molecule has 0 bridgehead atoms. The maximum Gasteiger partial charge on any atom is 0.335 e. The molecule has 2 aliphatic heterocycles. The monoisotopic (exact) mass is 672 g/mol. The Morgan fingerprint density at radius 2 is 1.23 bits per heavy atom. The predicted octanol–water partition coefficient (Wildman–Crippen LogP) is -0.579. The second-order valence-corrected chi connectivity index (χ2v) is 11.0. The van der Waals surface area contributed by atoms with Gasteiger partial charge in [0.2, 0.25) is 12.6 Å². The third kappa shape index (κ3) is 9.35. The van der Waals surface area contributed by atoms with Crippen molar-refractivity contribution in [3.8, 4) is 11.5 Å². The van der Waals surface area contributed by atoms with Gasteiger partial charge in [-0.3, -0.25) is 0 Å². The number of aromatic carboxylic acids is 2. The number of hydrogen-bond donors (Lipinski definition) is 10. The zero-order valence-corrected chi connectivity index (χ0v) is 25.3. The number of aliphatic hydroxyl groups excluding tert-OH is 8. The molecular weight excluding hydrogens is 628 g/mol. The molecule has 2 heterocycles. The van der Waals surface area contributed by atoms with Crippen molar-refractivity contribution in [2.75, 3.05) is 6.61 Å². The fourth-order valence-corrected chi connectivity index (χ4v) is 5.01. The van der Waals surface area contributed by atoms with Crippen molar-refractivity contribution in [1.29, 1.82) is 0 Å². The zero-order chi connectivity index (χ0) is 34.5. The molecule has 0 spiro atoms. The second-order valence-electron chi connectivity index (χ2n) is 11.0. The van der Waals surface area contributed by atoms with Gasteiger partial charge in [0.05, 0.1) is 43.2 Å². The Morgan fingerprint density at radius 3 is 1.68 bits per heavy atom. The fourth-order valence-electron chi connectivity index (χ4n) is 5.01. The lowest BCUT2D eigenvalue weighted by Gasteiger charge is -2.39. The van der Waals surface area contributed by atoms with Crippen LogP contribution < -0.4 is 9.47 Å². The first-order valence-electron chi connectivity index (χ1n) is 14.2. The van der Waals surface area contributed by atoms with Crippen LogP contribution in [0.25, 0.3) is 0 Å². The number of aliphatic hydroxyl groups is 8. The molecule has 0 radical (unpaired) electrons. The Morgan fingerprint density at radius 1 is 0.745 bits per heavy atom. The Balaban J connectivity index is 0.000000320. The number of carboxylic acids is 2. The Bertz CT molecular complexity index is 1360. The third-order valence-electron chi connectivity index (χ3n) is 7.54. The quantitative estimate of drug-likeness (QED) is 0.160. The molecule has 2 aliphatic rings. The molecule has 16 nitrogen and oxygen atoms in total. The van der Waals surface area contributed by atoms with E-state index in [1.807, 2.05) is 0 Å². The summed E-state index contributed by atoms with van der Waals surface area (Å²) in [6.45, 7) is 3.34. The van der Waals surface area contributed by atoms with Crippen LogP contribution in [0.2, 0.25) is 0 Å². The van der Waals surface area contributed by atoms with Crippen LogP contribution in [0.5, 0.6) is 11.5 Å². The average molecular weight is 673 g/mol. The summed E-state index contributed by atoms with van der Waals surface area (Å²) < 4.78 is 21.9. The van der Waals surface area contributed by atoms with E-state index in [2.05, 4.69) is 0 Å². The largest absolute Gasteiger partial charge is 0.478 e. The van der Waals surface area contributed by atoms with Crippen LogP contribution >= 0.6 is 0 Å². The molecule has 2 saturated heterocycles. The molecule has 10 N–H and O–H groups in total. The molecule has 47 heavy (non-hydrogen) atoms.